The molecule has 116 valence electrons. The largest absolute Gasteiger partial charge is 0.492 e. The Bertz CT molecular complexity index is 458. The highest BCUT2D eigenvalue weighted by atomic mass is 16.5. The average Bonchev–Trinajstić information content (AvgIpc) is 2.48. The van der Waals surface area contributed by atoms with E-state index in [0.717, 1.165) is 25.1 Å². The lowest BCUT2D eigenvalue weighted by Gasteiger charge is -2.30. The van der Waals surface area contributed by atoms with Crippen molar-refractivity contribution in [2.24, 2.45) is 5.92 Å². The minimum absolute atomic E-state index is 0.158. The summed E-state index contributed by atoms with van der Waals surface area (Å²) in [4.78, 5) is 14.2. The first-order chi connectivity index (χ1) is 10.1. The minimum Gasteiger partial charge on any atom is -0.492 e. The maximum Gasteiger partial charge on any atom is 0.225 e. The zero-order chi connectivity index (χ0) is 15.2. The van der Waals surface area contributed by atoms with E-state index in [2.05, 4.69) is 19.2 Å². The lowest BCUT2D eigenvalue weighted by molar-refractivity contribution is -0.135. The SMILES string of the molecule is Cc1ccc(OCCN(C)C(=O)C2CCNC(C)C2)cc1. The number of aryl methyl sites for hydroxylation is 1. The molecule has 2 atom stereocenters. The zero-order valence-corrected chi connectivity index (χ0v) is 13.3. The van der Waals surface area contributed by atoms with Crippen molar-refractivity contribution in [1.29, 1.82) is 0 Å². The Hall–Kier alpha value is -1.55. The van der Waals surface area contributed by atoms with Crippen LogP contribution in [0.15, 0.2) is 24.3 Å². The normalized spacial score (nSPS) is 21.9. The Balaban J connectivity index is 1.74. The molecular formula is C17H26N2O2. The van der Waals surface area contributed by atoms with Crippen LogP contribution in [0.4, 0.5) is 0 Å². The monoisotopic (exact) mass is 290 g/mol. The van der Waals surface area contributed by atoms with E-state index in [1.165, 1.54) is 5.56 Å². The molecule has 0 spiro atoms. The quantitative estimate of drug-likeness (QED) is 0.904. The number of hydrogen-bond acceptors (Lipinski definition) is 3. The van der Waals surface area contributed by atoms with Crippen molar-refractivity contribution < 1.29 is 9.53 Å². The van der Waals surface area contributed by atoms with Gasteiger partial charge < -0.3 is 15.0 Å². The van der Waals surface area contributed by atoms with Crippen LogP contribution in [-0.2, 0) is 4.79 Å². The molecule has 1 N–H and O–H groups in total. The van der Waals surface area contributed by atoms with Gasteiger partial charge in [-0.2, -0.15) is 0 Å². The molecule has 1 aliphatic rings. The standard InChI is InChI=1S/C17H26N2O2/c1-13-4-6-16(7-5-13)21-11-10-19(3)17(20)15-8-9-18-14(2)12-15/h4-7,14-15,18H,8-12H2,1-3H3. The number of rotatable bonds is 5. The number of benzene rings is 1. The van der Waals surface area contributed by atoms with Crippen molar-refractivity contribution >= 4 is 5.91 Å². The molecule has 0 radical (unpaired) electrons. The van der Waals surface area contributed by atoms with Gasteiger partial charge in [-0.3, -0.25) is 4.79 Å². The second kappa shape index (κ2) is 7.46. The predicted molar refractivity (Wildman–Crippen MR) is 84.5 cm³/mol. The predicted octanol–water partition coefficient (Wildman–Crippen LogP) is 2.22. The van der Waals surface area contributed by atoms with E-state index >= 15 is 0 Å². The first kappa shape index (κ1) is 15.8. The van der Waals surface area contributed by atoms with E-state index in [0.29, 0.717) is 19.2 Å². The number of nitrogens with zero attached hydrogens (tertiary/aromatic N) is 1. The van der Waals surface area contributed by atoms with E-state index in [4.69, 9.17) is 4.74 Å². The topological polar surface area (TPSA) is 41.6 Å². The van der Waals surface area contributed by atoms with Crippen molar-refractivity contribution in [3.8, 4) is 5.75 Å². The summed E-state index contributed by atoms with van der Waals surface area (Å²) < 4.78 is 5.68. The van der Waals surface area contributed by atoms with E-state index < -0.39 is 0 Å². The van der Waals surface area contributed by atoms with Gasteiger partial charge >= 0.3 is 0 Å². The summed E-state index contributed by atoms with van der Waals surface area (Å²) in [6.45, 7) is 6.29. The number of nitrogens with one attached hydrogen (secondary N) is 1. The number of hydrogen-bond donors (Lipinski definition) is 1. The molecule has 1 aliphatic heterocycles. The fourth-order valence-electron chi connectivity index (χ4n) is 2.71. The first-order valence-corrected chi connectivity index (χ1v) is 7.74. The molecule has 1 amide bonds. The molecule has 1 heterocycles. The second-order valence-corrected chi connectivity index (χ2v) is 6.00. The van der Waals surface area contributed by atoms with E-state index in [1.807, 2.05) is 31.3 Å². The fraction of sp³-hybridized carbons (Fsp3) is 0.588. The van der Waals surface area contributed by atoms with Gasteiger partial charge in [0.05, 0.1) is 6.54 Å². The molecule has 4 heteroatoms. The van der Waals surface area contributed by atoms with Crippen LogP contribution < -0.4 is 10.1 Å². The Morgan fingerprint density at radius 3 is 2.76 bits per heavy atom. The smallest absolute Gasteiger partial charge is 0.225 e. The van der Waals surface area contributed by atoms with Crippen molar-refractivity contribution in [3.05, 3.63) is 29.8 Å². The van der Waals surface area contributed by atoms with E-state index in [1.54, 1.807) is 4.90 Å². The molecule has 1 aromatic carbocycles. The van der Waals surface area contributed by atoms with Gasteiger partial charge in [0.1, 0.15) is 12.4 Å². The number of carbonyl (C=O) groups is 1. The molecule has 2 rings (SSSR count). The molecule has 1 saturated heterocycles. The lowest BCUT2D eigenvalue weighted by Crippen LogP contribution is -2.43. The van der Waals surface area contributed by atoms with E-state index in [-0.39, 0.29) is 11.8 Å². The van der Waals surface area contributed by atoms with Gasteiger partial charge in [-0.15, -0.1) is 0 Å². The Kier molecular flexibility index (Phi) is 5.62. The Morgan fingerprint density at radius 2 is 2.10 bits per heavy atom. The van der Waals surface area contributed by atoms with E-state index in [9.17, 15) is 4.79 Å². The van der Waals surface area contributed by atoms with Gasteiger partial charge in [0.2, 0.25) is 5.91 Å². The lowest BCUT2D eigenvalue weighted by atomic mass is 9.92. The van der Waals surface area contributed by atoms with Crippen LogP contribution in [0, 0.1) is 12.8 Å². The molecule has 2 unspecified atom stereocenters. The molecule has 0 saturated carbocycles. The summed E-state index contributed by atoms with van der Waals surface area (Å²) >= 11 is 0. The van der Waals surface area contributed by atoms with Gasteiger partial charge in [0.25, 0.3) is 0 Å². The van der Waals surface area contributed by atoms with Crippen molar-refractivity contribution in [3.63, 3.8) is 0 Å². The summed E-state index contributed by atoms with van der Waals surface area (Å²) in [5.74, 6) is 1.26. The highest BCUT2D eigenvalue weighted by Gasteiger charge is 2.26. The molecular weight excluding hydrogens is 264 g/mol. The number of carbonyl (C=O) groups excluding carboxylic acids is 1. The van der Waals surface area contributed by atoms with Gasteiger partial charge in [-0.1, -0.05) is 17.7 Å². The number of likely N-dealkylation sites (N-methyl/N-ethyl adjacent to an activating group) is 1. The number of amides is 1. The fourth-order valence-corrected chi connectivity index (χ4v) is 2.71. The Morgan fingerprint density at radius 1 is 1.38 bits per heavy atom. The third kappa shape index (κ3) is 4.74. The zero-order valence-electron chi connectivity index (χ0n) is 13.3. The van der Waals surface area contributed by atoms with Crippen LogP contribution in [0.3, 0.4) is 0 Å². The molecule has 0 aromatic heterocycles. The van der Waals surface area contributed by atoms with Crippen LogP contribution in [-0.4, -0.2) is 43.6 Å². The van der Waals surface area contributed by atoms with Crippen molar-refractivity contribution in [2.45, 2.75) is 32.7 Å². The molecule has 21 heavy (non-hydrogen) atoms. The average molecular weight is 290 g/mol. The number of piperidine rings is 1. The van der Waals surface area contributed by atoms with Gasteiger partial charge in [-0.05, 0) is 45.4 Å². The van der Waals surface area contributed by atoms with Crippen molar-refractivity contribution in [1.82, 2.24) is 10.2 Å². The summed E-state index contributed by atoms with van der Waals surface area (Å²) in [6, 6.07) is 8.42. The molecule has 0 aliphatic carbocycles. The summed E-state index contributed by atoms with van der Waals surface area (Å²) in [6.07, 6.45) is 1.87. The molecule has 1 aromatic rings. The highest BCUT2D eigenvalue weighted by Crippen LogP contribution is 2.18. The first-order valence-electron chi connectivity index (χ1n) is 7.74. The van der Waals surface area contributed by atoms with Crippen LogP contribution >= 0.6 is 0 Å². The number of ether oxygens (including phenoxy) is 1. The molecule has 4 nitrogen and oxygen atoms in total. The van der Waals surface area contributed by atoms with Crippen LogP contribution in [0.2, 0.25) is 0 Å². The summed E-state index contributed by atoms with van der Waals surface area (Å²) in [7, 11) is 1.87. The highest BCUT2D eigenvalue weighted by molar-refractivity contribution is 5.78. The third-order valence-corrected chi connectivity index (χ3v) is 4.07. The third-order valence-electron chi connectivity index (χ3n) is 4.07. The molecule has 0 bridgehead atoms. The second-order valence-electron chi connectivity index (χ2n) is 6.00. The maximum absolute atomic E-state index is 12.4. The van der Waals surface area contributed by atoms with Crippen molar-refractivity contribution in [2.75, 3.05) is 26.7 Å². The Labute approximate surface area is 127 Å². The summed E-state index contributed by atoms with van der Waals surface area (Å²) in [5, 5.41) is 3.38. The van der Waals surface area contributed by atoms with Crippen LogP contribution in [0.5, 0.6) is 5.75 Å². The summed E-state index contributed by atoms with van der Waals surface area (Å²) in [5.41, 5.74) is 1.22. The van der Waals surface area contributed by atoms with Crippen LogP contribution in [0.25, 0.3) is 0 Å². The van der Waals surface area contributed by atoms with Gasteiger partial charge in [0, 0.05) is 19.0 Å². The maximum atomic E-state index is 12.4. The molecule has 1 fully saturated rings. The van der Waals surface area contributed by atoms with Gasteiger partial charge in [-0.25, -0.2) is 0 Å². The van der Waals surface area contributed by atoms with Gasteiger partial charge in [0.15, 0.2) is 0 Å². The van der Waals surface area contributed by atoms with Crippen LogP contribution in [0.1, 0.15) is 25.3 Å². The minimum atomic E-state index is 0.158.